The molecule has 0 spiro atoms. The third kappa shape index (κ3) is 5.48. The number of methoxy groups -OCH3 is 2. The molecule has 1 unspecified atom stereocenters. The Morgan fingerprint density at radius 3 is 2.87 bits per heavy atom. The highest BCUT2D eigenvalue weighted by molar-refractivity contribution is 6.33. The van der Waals surface area contributed by atoms with Crippen molar-refractivity contribution in [2.75, 3.05) is 71.7 Å². The molecule has 4 aromatic rings. The summed E-state index contributed by atoms with van der Waals surface area (Å²) in [7, 11) is 3.25. The third-order valence-electron chi connectivity index (χ3n) is 10.1. The molecule has 8 rings (SSSR count). The van der Waals surface area contributed by atoms with E-state index in [1.54, 1.807) is 20.4 Å². The van der Waals surface area contributed by atoms with Crippen LogP contribution in [0.2, 0.25) is 5.02 Å². The van der Waals surface area contributed by atoms with Crippen LogP contribution in [-0.2, 0) is 9.47 Å². The number of pyridine rings is 1. The number of hydrogen-bond acceptors (Lipinski definition) is 10. The summed E-state index contributed by atoms with van der Waals surface area (Å²) in [6.45, 7) is 5.34. The quantitative estimate of drug-likeness (QED) is 0.225. The van der Waals surface area contributed by atoms with Gasteiger partial charge in [-0.15, -0.1) is 0 Å². The number of benzene rings is 1. The van der Waals surface area contributed by atoms with Crippen molar-refractivity contribution in [3.05, 3.63) is 40.3 Å². The predicted molar refractivity (Wildman–Crippen MR) is 177 cm³/mol. The van der Waals surface area contributed by atoms with E-state index in [0.717, 1.165) is 62.6 Å². The number of ether oxygens (including phenoxy) is 4. The summed E-state index contributed by atoms with van der Waals surface area (Å²) in [6.07, 6.45) is 9.64. The number of fused-ring (bicyclic) bond motifs is 3. The van der Waals surface area contributed by atoms with Gasteiger partial charge >= 0.3 is 6.01 Å². The molecular formula is C34H39ClFN7O4. The van der Waals surface area contributed by atoms with E-state index in [9.17, 15) is 0 Å². The minimum atomic E-state index is -0.571. The summed E-state index contributed by atoms with van der Waals surface area (Å²) < 4.78 is 40.7. The Hall–Kier alpha value is -3.58. The molecule has 4 fully saturated rings. The fourth-order valence-electron chi connectivity index (χ4n) is 7.68. The molecule has 1 saturated carbocycles. The van der Waals surface area contributed by atoms with Gasteiger partial charge in [0, 0.05) is 49.3 Å². The van der Waals surface area contributed by atoms with Crippen LogP contribution >= 0.6 is 11.6 Å². The van der Waals surface area contributed by atoms with Gasteiger partial charge in [-0.2, -0.15) is 15.1 Å². The maximum Gasteiger partial charge on any atom is 0.319 e. The number of H-pyrrole nitrogens is 1. The van der Waals surface area contributed by atoms with Crippen LogP contribution in [0, 0.1) is 5.82 Å². The lowest BCUT2D eigenvalue weighted by Crippen LogP contribution is -2.43. The second-order valence-electron chi connectivity index (χ2n) is 13.1. The molecule has 3 aliphatic heterocycles. The molecule has 1 aliphatic carbocycles. The number of aromatic amines is 1. The van der Waals surface area contributed by atoms with Crippen LogP contribution in [-0.4, -0.2) is 102 Å². The van der Waals surface area contributed by atoms with Gasteiger partial charge < -0.3 is 23.8 Å². The van der Waals surface area contributed by atoms with Crippen molar-refractivity contribution in [3.8, 4) is 23.1 Å². The molecule has 248 valence electrons. The minimum absolute atomic E-state index is 0.100. The molecule has 1 atom stereocenters. The average molecular weight is 664 g/mol. The highest BCUT2D eigenvalue weighted by Gasteiger charge is 2.47. The van der Waals surface area contributed by atoms with E-state index >= 15 is 4.39 Å². The molecule has 47 heavy (non-hydrogen) atoms. The maximum absolute atomic E-state index is 17.2. The fraction of sp³-hybridized carbons (Fsp3) is 0.529. The summed E-state index contributed by atoms with van der Waals surface area (Å²) >= 11 is 6.84. The highest BCUT2D eigenvalue weighted by atomic mass is 35.5. The van der Waals surface area contributed by atoms with Crippen LogP contribution in [0.3, 0.4) is 0 Å². The molecular weight excluding hydrogens is 625 g/mol. The van der Waals surface area contributed by atoms with Gasteiger partial charge in [-0.3, -0.25) is 10.00 Å². The molecule has 6 heterocycles. The van der Waals surface area contributed by atoms with E-state index in [2.05, 4.69) is 26.1 Å². The Morgan fingerprint density at radius 2 is 2.04 bits per heavy atom. The lowest BCUT2D eigenvalue weighted by molar-refractivity contribution is 0.108. The van der Waals surface area contributed by atoms with E-state index in [-0.39, 0.29) is 34.6 Å². The Bertz CT molecular complexity index is 1860. The molecule has 0 bridgehead atoms. The standard InChI is InChI=1S/C34H39ClFN7O4/c1-44-13-7-20-16-34(8-3-10-43(34)18-20)19-47-33-39-30-27(31(40-33)42-9-4-12-46-14-11-42)32(45-2)38-29(28(30)36)26-22-17-37-41-24(22)15-23(35)25(26)21-5-6-21/h7,15,17,21H,3-6,8-14,16,18-19H2,1-2H3,(H,37,41)/b20-7+. The number of hydrogen-bond donors (Lipinski definition) is 1. The third-order valence-corrected chi connectivity index (χ3v) is 10.4. The van der Waals surface area contributed by atoms with Gasteiger partial charge in [0.15, 0.2) is 5.82 Å². The van der Waals surface area contributed by atoms with Crippen molar-refractivity contribution < 1.29 is 23.3 Å². The van der Waals surface area contributed by atoms with Crippen LogP contribution in [0.25, 0.3) is 33.1 Å². The van der Waals surface area contributed by atoms with Gasteiger partial charge in [0.05, 0.1) is 37.6 Å². The monoisotopic (exact) mass is 663 g/mol. The molecule has 1 N–H and O–H groups in total. The number of halogens is 2. The topological polar surface area (TPSA) is 111 Å². The number of anilines is 1. The molecule has 11 nitrogen and oxygen atoms in total. The van der Waals surface area contributed by atoms with Crippen molar-refractivity contribution in [2.45, 2.75) is 50.0 Å². The van der Waals surface area contributed by atoms with E-state index in [4.69, 9.17) is 45.5 Å². The Kier molecular flexibility index (Phi) is 8.15. The van der Waals surface area contributed by atoms with Crippen molar-refractivity contribution in [1.29, 1.82) is 0 Å². The van der Waals surface area contributed by atoms with Crippen LogP contribution in [0.1, 0.15) is 50.0 Å². The van der Waals surface area contributed by atoms with E-state index in [1.165, 1.54) is 5.57 Å². The van der Waals surface area contributed by atoms with Crippen molar-refractivity contribution in [1.82, 2.24) is 30.0 Å². The first-order chi connectivity index (χ1) is 23.0. The predicted octanol–water partition coefficient (Wildman–Crippen LogP) is 5.66. The van der Waals surface area contributed by atoms with Gasteiger partial charge in [-0.05, 0) is 62.6 Å². The van der Waals surface area contributed by atoms with Gasteiger partial charge in [0.2, 0.25) is 5.88 Å². The second-order valence-corrected chi connectivity index (χ2v) is 13.5. The zero-order chi connectivity index (χ0) is 32.1. The summed E-state index contributed by atoms with van der Waals surface area (Å²) in [5, 5.41) is 8.96. The Morgan fingerprint density at radius 1 is 1.15 bits per heavy atom. The van der Waals surface area contributed by atoms with E-state index in [0.29, 0.717) is 66.8 Å². The summed E-state index contributed by atoms with van der Waals surface area (Å²) in [5.41, 5.74) is 3.64. The normalized spacial score (nSPS) is 22.8. The molecule has 0 radical (unpaired) electrons. The van der Waals surface area contributed by atoms with Crippen LogP contribution in [0.5, 0.6) is 11.9 Å². The number of aromatic nitrogens is 5. The Labute approximate surface area is 277 Å². The molecule has 1 aromatic carbocycles. The average Bonchev–Trinajstić information content (AvgIpc) is 3.65. The SMILES string of the molecule is COC/C=C1/CN2CCCC2(COc2nc(N3CCCOCC3)c3c(OC)nc(-c4c(C5CC5)c(Cl)cc5[nH]ncc45)c(F)c3n2)C1. The zero-order valence-corrected chi connectivity index (χ0v) is 27.5. The molecule has 13 heteroatoms. The molecule has 3 aromatic heterocycles. The minimum Gasteiger partial charge on any atom is -0.480 e. The van der Waals surface area contributed by atoms with Crippen LogP contribution in [0.4, 0.5) is 10.2 Å². The van der Waals surface area contributed by atoms with Crippen molar-refractivity contribution >= 4 is 39.2 Å². The zero-order valence-electron chi connectivity index (χ0n) is 26.8. The molecule has 3 saturated heterocycles. The lowest BCUT2D eigenvalue weighted by Gasteiger charge is -2.31. The van der Waals surface area contributed by atoms with Gasteiger partial charge in [-0.25, -0.2) is 9.37 Å². The Balaban J connectivity index is 1.27. The van der Waals surface area contributed by atoms with Crippen molar-refractivity contribution in [3.63, 3.8) is 0 Å². The maximum atomic E-state index is 17.2. The van der Waals surface area contributed by atoms with Crippen molar-refractivity contribution in [2.24, 2.45) is 0 Å². The van der Waals surface area contributed by atoms with Gasteiger partial charge in [0.1, 0.15) is 29.0 Å². The van der Waals surface area contributed by atoms with Gasteiger partial charge in [0.25, 0.3) is 0 Å². The first-order valence-electron chi connectivity index (χ1n) is 16.5. The molecule has 0 amide bonds. The van der Waals surface area contributed by atoms with Crippen LogP contribution < -0.4 is 14.4 Å². The number of nitrogens with one attached hydrogen (secondary N) is 1. The summed E-state index contributed by atoms with van der Waals surface area (Å²) in [5.74, 6) is 0.420. The summed E-state index contributed by atoms with van der Waals surface area (Å²) in [4.78, 5) is 19.1. The van der Waals surface area contributed by atoms with Crippen LogP contribution in [0.15, 0.2) is 23.9 Å². The fourth-order valence-corrected chi connectivity index (χ4v) is 8.04. The molecule has 4 aliphatic rings. The number of rotatable bonds is 9. The second kappa shape index (κ2) is 12.5. The number of nitrogens with zero attached hydrogens (tertiary/aromatic N) is 6. The van der Waals surface area contributed by atoms with E-state index in [1.807, 2.05) is 6.07 Å². The van der Waals surface area contributed by atoms with Gasteiger partial charge in [-0.1, -0.05) is 23.3 Å². The first kappa shape index (κ1) is 30.7. The largest absolute Gasteiger partial charge is 0.480 e. The lowest BCUT2D eigenvalue weighted by atomic mass is 9.93. The highest BCUT2D eigenvalue weighted by Crippen LogP contribution is 2.51. The van der Waals surface area contributed by atoms with E-state index < -0.39 is 5.82 Å². The summed E-state index contributed by atoms with van der Waals surface area (Å²) in [6, 6.07) is 1.99. The smallest absolute Gasteiger partial charge is 0.319 e. The first-order valence-corrected chi connectivity index (χ1v) is 16.9.